The Hall–Kier alpha value is -2.52. The standard InChI is InChI=1S/C15H10FNO3S/c16-13-5-7-14(8-6-13)21(19,20)10-15(18)12-3-1-11(9-17)2-4-12/h1-8H,10H2. The van der Waals surface area contributed by atoms with Gasteiger partial charge in [0.05, 0.1) is 16.5 Å². The molecule has 2 aromatic rings. The Balaban J connectivity index is 2.21. The Morgan fingerprint density at radius 3 is 2.14 bits per heavy atom. The fourth-order valence-electron chi connectivity index (χ4n) is 1.71. The number of sulfone groups is 1. The zero-order chi connectivity index (χ0) is 15.5. The maximum absolute atomic E-state index is 12.8. The molecule has 0 radical (unpaired) electrons. The van der Waals surface area contributed by atoms with E-state index in [9.17, 15) is 17.6 Å². The first-order valence-electron chi connectivity index (χ1n) is 5.94. The molecule has 2 rings (SSSR count). The maximum atomic E-state index is 12.8. The van der Waals surface area contributed by atoms with Crippen LogP contribution in [0, 0.1) is 17.1 Å². The smallest absolute Gasteiger partial charge is 0.185 e. The average Bonchev–Trinajstić information content (AvgIpc) is 2.47. The van der Waals surface area contributed by atoms with Gasteiger partial charge < -0.3 is 0 Å². The molecule has 0 saturated heterocycles. The van der Waals surface area contributed by atoms with Crippen molar-refractivity contribution in [1.82, 2.24) is 0 Å². The number of nitriles is 1. The SMILES string of the molecule is N#Cc1ccc(C(=O)CS(=O)(=O)c2ccc(F)cc2)cc1. The third kappa shape index (κ3) is 3.52. The molecule has 0 N–H and O–H groups in total. The minimum absolute atomic E-state index is 0.106. The number of hydrogen-bond acceptors (Lipinski definition) is 4. The van der Waals surface area contributed by atoms with Gasteiger partial charge in [-0.25, -0.2) is 12.8 Å². The largest absolute Gasteiger partial charge is 0.293 e. The van der Waals surface area contributed by atoms with Crippen molar-refractivity contribution in [2.24, 2.45) is 0 Å². The van der Waals surface area contributed by atoms with E-state index < -0.39 is 27.2 Å². The van der Waals surface area contributed by atoms with Crippen molar-refractivity contribution >= 4 is 15.6 Å². The molecule has 0 unspecified atom stereocenters. The van der Waals surface area contributed by atoms with Crippen molar-refractivity contribution in [3.05, 3.63) is 65.5 Å². The molecular formula is C15H10FNO3S. The molecule has 4 nitrogen and oxygen atoms in total. The van der Waals surface area contributed by atoms with Gasteiger partial charge in [-0.05, 0) is 36.4 Å². The van der Waals surface area contributed by atoms with E-state index in [4.69, 9.17) is 5.26 Å². The van der Waals surface area contributed by atoms with Gasteiger partial charge in [-0.1, -0.05) is 12.1 Å². The third-order valence-electron chi connectivity index (χ3n) is 2.83. The number of hydrogen-bond donors (Lipinski definition) is 0. The van der Waals surface area contributed by atoms with Gasteiger partial charge >= 0.3 is 0 Å². The second-order valence-corrected chi connectivity index (χ2v) is 6.31. The van der Waals surface area contributed by atoms with Gasteiger partial charge in [0, 0.05) is 5.56 Å². The lowest BCUT2D eigenvalue weighted by atomic mass is 10.1. The summed E-state index contributed by atoms with van der Waals surface area (Å²) in [5.74, 6) is -1.83. The molecule has 0 amide bonds. The molecule has 6 heteroatoms. The predicted molar refractivity (Wildman–Crippen MR) is 73.9 cm³/mol. The fraction of sp³-hybridized carbons (Fsp3) is 0.0667. The molecule has 0 bridgehead atoms. The highest BCUT2D eigenvalue weighted by Crippen LogP contribution is 2.14. The highest BCUT2D eigenvalue weighted by Gasteiger charge is 2.20. The second-order valence-electron chi connectivity index (χ2n) is 4.33. The first-order valence-corrected chi connectivity index (χ1v) is 7.59. The molecule has 0 saturated carbocycles. The molecule has 0 fully saturated rings. The van der Waals surface area contributed by atoms with E-state index in [1.807, 2.05) is 6.07 Å². The Labute approximate surface area is 121 Å². The van der Waals surface area contributed by atoms with Crippen LogP contribution in [0.2, 0.25) is 0 Å². The van der Waals surface area contributed by atoms with E-state index >= 15 is 0 Å². The number of rotatable bonds is 4. The summed E-state index contributed by atoms with van der Waals surface area (Å²) < 4.78 is 36.9. The van der Waals surface area contributed by atoms with Gasteiger partial charge in [-0.15, -0.1) is 0 Å². The van der Waals surface area contributed by atoms with Gasteiger partial charge in [0.15, 0.2) is 15.6 Å². The number of benzene rings is 2. The normalized spacial score (nSPS) is 10.9. The molecular weight excluding hydrogens is 293 g/mol. The predicted octanol–water partition coefficient (Wildman–Crippen LogP) is 2.35. The first-order chi connectivity index (χ1) is 9.92. The second kappa shape index (κ2) is 5.85. The van der Waals surface area contributed by atoms with Gasteiger partial charge in [-0.3, -0.25) is 4.79 Å². The number of halogens is 1. The number of carbonyl (C=O) groups is 1. The van der Waals surface area contributed by atoms with Crippen LogP contribution in [0.15, 0.2) is 53.4 Å². The van der Waals surface area contributed by atoms with Gasteiger partial charge in [0.1, 0.15) is 11.6 Å². The van der Waals surface area contributed by atoms with Crippen LogP contribution in [-0.2, 0) is 9.84 Å². The average molecular weight is 303 g/mol. The van der Waals surface area contributed by atoms with Crippen LogP contribution in [0.5, 0.6) is 0 Å². The molecule has 0 spiro atoms. The molecule has 106 valence electrons. The summed E-state index contributed by atoms with van der Waals surface area (Å²) in [7, 11) is -3.82. The monoisotopic (exact) mass is 303 g/mol. The van der Waals surface area contributed by atoms with E-state index in [0.29, 0.717) is 5.56 Å². The molecule has 0 aromatic heterocycles. The number of ketones is 1. The van der Waals surface area contributed by atoms with E-state index in [1.54, 1.807) is 0 Å². The maximum Gasteiger partial charge on any atom is 0.185 e. The summed E-state index contributed by atoms with van der Waals surface area (Å²) in [6.07, 6.45) is 0. The summed E-state index contributed by atoms with van der Waals surface area (Å²) in [4.78, 5) is 11.9. The lowest BCUT2D eigenvalue weighted by Gasteiger charge is -2.04. The highest BCUT2D eigenvalue weighted by atomic mass is 32.2. The molecule has 2 aromatic carbocycles. The molecule has 0 atom stereocenters. The Morgan fingerprint density at radius 2 is 1.62 bits per heavy atom. The summed E-state index contributed by atoms with van der Waals surface area (Å²) in [6.45, 7) is 0. The van der Waals surface area contributed by atoms with Crippen LogP contribution >= 0.6 is 0 Å². The van der Waals surface area contributed by atoms with Crippen molar-refractivity contribution in [3.8, 4) is 6.07 Å². The van der Waals surface area contributed by atoms with Gasteiger partial charge in [0.2, 0.25) is 0 Å². The van der Waals surface area contributed by atoms with E-state index in [1.165, 1.54) is 24.3 Å². The van der Waals surface area contributed by atoms with Crippen molar-refractivity contribution < 1.29 is 17.6 Å². The highest BCUT2D eigenvalue weighted by molar-refractivity contribution is 7.92. The van der Waals surface area contributed by atoms with Crippen molar-refractivity contribution in [2.75, 3.05) is 5.75 Å². The molecule has 0 aliphatic carbocycles. The van der Waals surface area contributed by atoms with E-state index in [0.717, 1.165) is 24.3 Å². The Bertz CT molecular complexity index is 803. The molecule has 0 heterocycles. The quantitative estimate of drug-likeness (QED) is 0.642. The van der Waals surface area contributed by atoms with Crippen molar-refractivity contribution in [1.29, 1.82) is 5.26 Å². The summed E-state index contributed by atoms with van der Waals surface area (Å²) >= 11 is 0. The lowest BCUT2D eigenvalue weighted by molar-refractivity contribution is 0.102. The molecule has 0 aliphatic heterocycles. The zero-order valence-corrected chi connectivity index (χ0v) is 11.6. The van der Waals surface area contributed by atoms with Gasteiger partial charge in [0.25, 0.3) is 0 Å². The summed E-state index contributed by atoms with van der Waals surface area (Å²) in [5.41, 5.74) is 0.590. The minimum atomic E-state index is -3.82. The van der Waals surface area contributed by atoms with Crippen molar-refractivity contribution in [3.63, 3.8) is 0 Å². The van der Waals surface area contributed by atoms with Crippen LogP contribution < -0.4 is 0 Å². The van der Waals surface area contributed by atoms with Crippen LogP contribution in [0.3, 0.4) is 0 Å². The van der Waals surface area contributed by atoms with Crippen LogP contribution in [0.1, 0.15) is 15.9 Å². The Morgan fingerprint density at radius 1 is 1.05 bits per heavy atom. The van der Waals surface area contributed by atoms with Crippen LogP contribution in [-0.4, -0.2) is 20.0 Å². The van der Waals surface area contributed by atoms with E-state index in [2.05, 4.69) is 0 Å². The Kier molecular flexibility index (Phi) is 4.15. The number of Topliss-reactive ketones (excluding diaryl/α,β-unsaturated/α-hetero) is 1. The fourth-order valence-corrected chi connectivity index (χ4v) is 2.94. The third-order valence-corrected chi connectivity index (χ3v) is 4.46. The minimum Gasteiger partial charge on any atom is -0.293 e. The number of nitrogens with zero attached hydrogens (tertiary/aromatic N) is 1. The number of carbonyl (C=O) groups excluding carboxylic acids is 1. The van der Waals surface area contributed by atoms with Gasteiger partial charge in [-0.2, -0.15) is 5.26 Å². The van der Waals surface area contributed by atoms with E-state index in [-0.39, 0.29) is 10.5 Å². The molecule has 21 heavy (non-hydrogen) atoms. The van der Waals surface area contributed by atoms with Crippen molar-refractivity contribution in [2.45, 2.75) is 4.90 Å². The zero-order valence-electron chi connectivity index (χ0n) is 10.8. The summed E-state index contributed by atoms with van der Waals surface area (Å²) in [6, 6.07) is 11.9. The first kappa shape index (κ1) is 14.9. The summed E-state index contributed by atoms with van der Waals surface area (Å²) in [5, 5.41) is 8.66. The lowest BCUT2D eigenvalue weighted by Crippen LogP contribution is -2.16. The topological polar surface area (TPSA) is 75.0 Å². The van der Waals surface area contributed by atoms with Crippen LogP contribution in [0.25, 0.3) is 0 Å². The molecule has 0 aliphatic rings. The van der Waals surface area contributed by atoms with Crippen LogP contribution in [0.4, 0.5) is 4.39 Å².